The van der Waals surface area contributed by atoms with E-state index in [2.05, 4.69) is 47.1 Å². The van der Waals surface area contributed by atoms with Crippen LogP contribution < -0.4 is 0 Å². The third kappa shape index (κ3) is 2.01. The zero-order chi connectivity index (χ0) is 11.8. The molecule has 1 aromatic carbocycles. The summed E-state index contributed by atoms with van der Waals surface area (Å²) in [5.74, 6) is 0.118. The van der Waals surface area contributed by atoms with Crippen molar-refractivity contribution in [3.8, 4) is 0 Å². The van der Waals surface area contributed by atoms with E-state index in [0.29, 0.717) is 6.61 Å². The maximum Gasteiger partial charge on any atom is 0.323 e. The van der Waals surface area contributed by atoms with Gasteiger partial charge in [0.1, 0.15) is 4.32 Å². The van der Waals surface area contributed by atoms with Crippen LogP contribution >= 0.6 is 15.9 Å². The Labute approximate surface area is 104 Å². The predicted molar refractivity (Wildman–Crippen MR) is 66.8 cm³/mol. The Morgan fingerprint density at radius 1 is 1.50 bits per heavy atom. The standard InChI is InChI=1S/C13H15BrO2/c1-3-16-12(15)13(14)8-11(13)10-6-4-9(2)5-7-10/h4-7,11H,3,8H2,1-2H3/t11-,13-/m1/s1. The lowest BCUT2D eigenvalue weighted by Crippen LogP contribution is -2.20. The Hall–Kier alpha value is -0.830. The van der Waals surface area contributed by atoms with Gasteiger partial charge < -0.3 is 4.74 Å². The maximum absolute atomic E-state index is 11.7. The fourth-order valence-electron chi connectivity index (χ4n) is 1.90. The highest BCUT2D eigenvalue weighted by molar-refractivity contribution is 9.10. The summed E-state index contributed by atoms with van der Waals surface area (Å²) in [5.41, 5.74) is 2.44. The van der Waals surface area contributed by atoms with Gasteiger partial charge in [0.05, 0.1) is 6.61 Å². The van der Waals surface area contributed by atoms with Crippen molar-refractivity contribution in [3.05, 3.63) is 35.4 Å². The van der Waals surface area contributed by atoms with Gasteiger partial charge in [0.15, 0.2) is 0 Å². The second kappa shape index (κ2) is 4.21. The lowest BCUT2D eigenvalue weighted by Gasteiger charge is -2.08. The lowest BCUT2D eigenvalue weighted by molar-refractivity contribution is -0.143. The number of benzene rings is 1. The minimum absolute atomic E-state index is 0.138. The molecule has 0 N–H and O–H groups in total. The average molecular weight is 283 g/mol. The Balaban J connectivity index is 2.10. The fourth-order valence-corrected chi connectivity index (χ4v) is 2.60. The molecule has 0 aliphatic heterocycles. The first kappa shape index (κ1) is 11.6. The van der Waals surface area contributed by atoms with Crippen LogP contribution in [-0.4, -0.2) is 16.9 Å². The fraction of sp³-hybridized carbons (Fsp3) is 0.462. The molecule has 1 aromatic rings. The molecule has 1 fully saturated rings. The number of ether oxygens (including phenoxy) is 1. The summed E-state index contributed by atoms with van der Waals surface area (Å²) >= 11 is 3.50. The van der Waals surface area contributed by atoms with Crippen LogP contribution in [0.4, 0.5) is 0 Å². The summed E-state index contributed by atoms with van der Waals surface area (Å²) in [6, 6.07) is 8.32. The number of aryl methyl sites for hydroxylation is 1. The van der Waals surface area contributed by atoms with E-state index in [1.165, 1.54) is 11.1 Å². The normalized spacial score (nSPS) is 27.6. The molecule has 16 heavy (non-hydrogen) atoms. The molecule has 2 atom stereocenters. The molecule has 0 heterocycles. The van der Waals surface area contributed by atoms with Crippen molar-refractivity contribution in [2.24, 2.45) is 0 Å². The molecule has 2 rings (SSSR count). The van der Waals surface area contributed by atoms with Gasteiger partial charge in [0, 0.05) is 5.92 Å². The first-order chi connectivity index (χ1) is 7.58. The molecule has 0 unspecified atom stereocenters. The minimum Gasteiger partial charge on any atom is -0.465 e. The molecule has 0 amide bonds. The Bertz CT molecular complexity index is 399. The van der Waals surface area contributed by atoms with E-state index >= 15 is 0 Å². The van der Waals surface area contributed by atoms with Crippen molar-refractivity contribution in [2.45, 2.75) is 30.5 Å². The first-order valence-corrected chi connectivity index (χ1v) is 6.30. The number of carbonyl (C=O) groups is 1. The van der Waals surface area contributed by atoms with Crippen LogP contribution in [0.3, 0.4) is 0 Å². The topological polar surface area (TPSA) is 26.3 Å². The predicted octanol–water partition coefficient (Wildman–Crippen LogP) is 3.18. The Kier molecular flexibility index (Phi) is 3.06. The molecule has 0 spiro atoms. The zero-order valence-corrected chi connectivity index (χ0v) is 11.1. The summed E-state index contributed by atoms with van der Waals surface area (Å²) in [6.07, 6.45) is 0.828. The van der Waals surface area contributed by atoms with E-state index in [0.717, 1.165) is 6.42 Å². The molecule has 86 valence electrons. The van der Waals surface area contributed by atoms with E-state index in [1.54, 1.807) is 0 Å². The molecule has 3 heteroatoms. The van der Waals surface area contributed by atoms with Crippen LogP contribution in [0.5, 0.6) is 0 Å². The Morgan fingerprint density at radius 2 is 2.12 bits per heavy atom. The lowest BCUT2D eigenvalue weighted by atomic mass is 10.1. The molecule has 0 aromatic heterocycles. The van der Waals surface area contributed by atoms with Crippen LogP contribution in [-0.2, 0) is 9.53 Å². The van der Waals surface area contributed by atoms with Gasteiger partial charge in [-0.2, -0.15) is 0 Å². The second-order valence-corrected chi connectivity index (χ2v) is 5.67. The van der Waals surface area contributed by atoms with Crippen molar-refractivity contribution in [1.82, 2.24) is 0 Å². The third-order valence-electron chi connectivity index (χ3n) is 2.99. The monoisotopic (exact) mass is 282 g/mol. The molecule has 1 aliphatic carbocycles. The summed E-state index contributed by atoms with van der Waals surface area (Å²) in [6.45, 7) is 4.33. The van der Waals surface area contributed by atoms with Gasteiger partial charge in [-0.3, -0.25) is 4.79 Å². The molecule has 0 saturated heterocycles. The van der Waals surface area contributed by atoms with Crippen LogP contribution in [0.1, 0.15) is 30.4 Å². The molecular formula is C13H15BrO2. The van der Waals surface area contributed by atoms with Gasteiger partial charge in [-0.1, -0.05) is 45.8 Å². The van der Waals surface area contributed by atoms with Gasteiger partial charge in [0.25, 0.3) is 0 Å². The minimum atomic E-state index is -0.474. The summed E-state index contributed by atoms with van der Waals surface area (Å²) in [4.78, 5) is 11.7. The molecular weight excluding hydrogens is 268 g/mol. The molecule has 1 aliphatic rings. The Morgan fingerprint density at radius 3 is 2.69 bits per heavy atom. The number of hydrogen-bond donors (Lipinski definition) is 0. The van der Waals surface area contributed by atoms with Crippen LogP contribution in [0.2, 0.25) is 0 Å². The molecule has 2 nitrogen and oxygen atoms in total. The summed E-state index contributed by atoms with van der Waals surface area (Å²) in [5, 5.41) is 0. The molecule has 0 radical (unpaired) electrons. The van der Waals surface area contributed by atoms with Crippen molar-refractivity contribution in [1.29, 1.82) is 0 Å². The highest BCUT2D eigenvalue weighted by atomic mass is 79.9. The number of halogens is 1. The van der Waals surface area contributed by atoms with Gasteiger partial charge >= 0.3 is 5.97 Å². The van der Waals surface area contributed by atoms with E-state index in [9.17, 15) is 4.79 Å². The quantitative estimate of drug-likeness (QED) is 0.629. The maximum atomic E-state index is 11.7. The summed E-state index contributed by atoms with van der Waals surface area (Å²) < 4.78 is 4.58. The number of alkyl halides is 1. The highest BCUT2D eigenvalue weighted by Gasteiger charge is 2.60. The number of rotatable bonds is 3. The molecule has 1 saturated carbocycles. The van der Waals surface area contributed by atoms with E-state index in [1.807, 2.05) is 6.92 Å². The van der Waals surface area contributed by atoms with Crippen LogP contribution in [0.25, 0.3) is 0 Å². The number of carbonyl (C=O) groups excluding carboxylic acids is 1. The van der Waals surface area contributed by atoms with Gasteiger partial charge in [-0.15, -0.1) is 0 Å². The van der Waals surface area contributed by atoms with Crippen molar-refractivity contribution < 1.29 is 9.53 Å². The number of hydrogen-bond acceptors (Lipinski definition) is 2. The zero-order valence-electron chi connectivity index (χ0n) is 9.50. The van der Waals surface area contributed by atoms with Gasteiger partial charge in [-0.05, 0) is 25.8 Å². The van der Waals surface area contributed by atoms with Crippen LogP contribution in [0.15, 0.2) is 24.3 Å². The van der Waals surface area contributed by atoms with Gasteiger partial charge in [-0.25, -0.2) is 0 Å². The van der Waals surface area contributed by atoms with E-state index in [4.69, 9.17) is 4.74 Å². The second-order valence-electron chi connectivity index (χ2n) is 4.25. The number of esters is 1. The van der Waals surface area contributed by atoms with Crippen molar-refractivity contribution >= 4 is 21.9 Å². The van der Waals surface area contributed by atoms with Gasteiger partial charge in [0.2, 0.25) is 0 Å². The smallest absolute Gasteiger partial charge is 0.323 e. The first-order valence-electron chi connectivity index (χ1n) is 5.50. The van der Waals surface area contributed by atoms with Crippen molar-refractivity contribution in [3.63, 3.8) is 0 Å². The molecule has 0 bridgehead atoms. The van der Waals surface area contributed by atoms with E-state index < -0.39 is 4.32 Å². The third-order valence-corrected chi connectivity index (χ3v) is 4.19. The largest absolute Gasteiger partial charge is 0.465 e. The van der Waals surface area contributed by atoms with E-state index in [-0.39, 0.29) is 11.9 Å². The van der Waals surface area contributed by atoms with Crippen molar-refractivity contribution in [2.75, 3.05) is 6.61 Å². The highest BCUT2D eigenvalue weighted by Crippen LogP contribution is 2.58. The summed E-state index contributed by atoms with van der Waals surface area (Å²) in [7, 11) is 0. The SMILES string of the molecule is CCOC(=O)[C@@]1(Br)C[C@@H]1c1ccc(C)cc1. The average Bonchev–Trinajstić information content (AvgIpc) is 2.94. The van der Waals surface area contributed by atoms with Crippen LogP contribution in [0, 0.1) is 6.92 Å².